The Morgan fingerprint density at radius 2 is 2.64 bits per heavy atom. The fraction of sp³-hybridized carbons (Fsp3) is 0.714. The number of hydrogen-bond acceptors (Lipinski definition) is 3. The normalized spacial score (nSPS) is 24.3. The molecule has 0 N–H and O–H groups in total. The van der Waals surface area contributed by atoms with Gasteiger partial charge in [-0.2, -0.15) is 0 Å². The van der Waals surface area contributed by atoms with Gasteiger partial charge in [-0.3, -0.25) is 0 Å². The van der Waals surface area contributed by atoms with Gasteiger partial charge in [0.2, 0.25) is 0 Å². The summed E-state index contributed by atoms with van der Waals surface area (Å²) in [7, 11) is 0. The van der Waals surface area contributed by atoms with Gasteiger partial charge in [-0.15, -0.1) is 5.10 Å². The molecule has 0 spiro atoms. The van der Waals surface area contributed by atoms with E-state index in [0.29, 0.717) is 6.04 Å². The maximum atomic E-state index is 5.23. The summed E-state index contributed by atoms with van der Waals surface area (Å²) in [5.41, 5.74) is 0.969. The van der Waals surface area contributed by atoms with E-state index in [1.165, 1.54) is 0 Å². The Bertz CT molecular complexity index is 240. The summed E-state index contributed by atoms with van der Waals surface area (Å²) in [4.78, 5) is 0. The molecule has 0 aromatic carbocycles. The molecular formula is C7H11N3O. The summed E-state index contributed by atoms with van der Waals surface area (Å²) in [6.45, 7) is 3.58. The van der Waals surface area contributed by atoms with Crippen molar-refractivity contribution in [1.82, 2.24) is 15.0 Å². The van der Waals surface area contributed by atoms with E-state index >= 15 is 0 Å². The van der Waals surface area contributed by atoms with Crippen LogP contribution in [0.1, 0.15) is 18.2 Å². The zero-order valence-electron chi connectivity index (χ0n) is 6.53. The van der Waals surface area contributed by atoms with Gasteiger partial charge >= 0.3 is 0 Å². The minimum absolute atomic E-state index is 0.413. The van der Waals surface area contributed by atoms with E-state index in [4.69, 9.17) is 4.74 Å². The highest BCUT2D eigenvalue weighted by Gasteiger charge is 2.17. The van der Waals surface area contributed by atoms with Crippen LogP contribution in [-0.2, 0) is 4.74 Å². The second kappa shape index (κ2) is 2.62. The Balaban J connectivity index is 2.15. The van der Waals surface area contributed by atoms with E-state index < -0.39 is 0 Å². The predicted octanol–water partition coefficient (Wildman–Crippen LogP) is 0.548. The zero-order chi connectivity index (χ0) is 7.68. The van der Waals surface area contributed by atoms with Gasteiger partial charge in [0.15, 0.2) is 0 Å². The molecule has 1 aromatic rings. The predicted molar refractivity (Wildman–Crippen MR) is 39.2 cm³/mol. The summed E-state index contributed by atoms with van der Waals surface area (Å²) in [6, 6.07) is 0.413. The van der Waals surface area contributed by atoms with E-state index in [9.17, 15) is 0 Å². The van der Waals surface area contributed by atoms with E-state index in [0.717, 1.165) is 25.3 Å². The molecule has 0 aliphatic carbocycles. The lowest BCUT2D eigenvalue weighted by atomic mass is 10.3. The average molecular weight is 153 g/mol. The summed E-state index contributed by atoms with van der Waals surface area (Å²) >= 11 is 0. The van der Waals surface area contributed by atoms with Gasteiger partial charge in [-0.1, -0.05) is 5.21 Å². The minimum atomic E-state index is 0.413. The van der Waals surface area contributed by atoms with Crippen LogP contribution < -0.4 is 0 Å². The van der Waals surface area contributed by atoms with Gasteiger partial charge in [0, 0.05) is 12.8 Å². The third kappa shape index (κ3) is 1.26. The smallest absolute Gasteiger partial charge is 0.0796 e. The van der Waals surface area contributed by atoms with Crippen molar-refractivity contribution in [3.63, 3.8) is 0 Å². The Labute approximate surface area is 65.2 Å². The van der Waals surface area contributed by atoms with Crippen LogP contribution >= 0.6 is 0 Å². The first kappa shape index (κ1) is 6.79. The van der Waals surface area contributed by atoms with Crippen molar-refractivity contribution in [3.8, 4) is 0 Å². The highest BCUT2D eigenvalue weighted by molar-refractivity contribution is 4.89. The first-order chi connectivity index (χ1) is 5.36. The summed E-state index contributed by atoms with van der Waals surface area (Å²) in [6.07, 6.45) is 3.02. The number of hydrogen-bond donors (Lipinski definition) is 0. The van der Waals surface area contributed by atoms with Gasteiger partial charge in [0.25, 0.3) is 0 Å². The standard InChI is InChI=1S/C7H11N3O/c1-6-4-10(9-8-6)7-2-3-11-5-7/h4,7H,2-3,5H2,1H3. The van der Waals surface area contributed by atoms with E-state index in [1.807, 2.05) is 17.8 Å². The number of nitrogens with zero attached hydrogens (tertiary/aromatic N) is 3. The molecule has 0 amide bonds. The van der Waals surface area contributed by atoms with Gasteiger partial charge in [-0.05, 0) is 13.3 Å². The SMILES string of the molecule is Cc1cn(C2CCOC2)nn1. The molecule has 0 radical (unpaired) electrons. The van der Waals surface area contributed by atoms with Crippen LogP contribution in [0.15, 0.2) is 6.20 Å². The molecule has 60 valence electrons. The largest absolute Gasteiger partial charge is 0.379 e. The molecule has 1 aliphatic rings. The highest BCUT2D eigenvalue weighted by atomic mass is 16.5. The Hall–Kier alpha value is -0.900. The summed E-state index contributed by atoms with van der Waals surface area (Å²) in [5, 5.41) is 7.90. The Kier molecular flexibility index (Phi) is 1.62. The molecule has 2 heterocycles. The molecule has 4 nitrogen and oxygen atoms in total. The van der Waals surface area contributed by atoms with E-state index in [1.54, 1.807) is 0 Å². The molecule has 1 aliphatic heterocycles. The lowest BCUT2D eigenvalue weighted by Gasteiger charge is -2.04. The summed E-state index contributed by atoms with van der Waals surface area (Å²) < 4.78 is 7.12. The van der Waals surface area contributed by atoms with Gasteiger partial charge < -0.3 is 4.74 Å². The number of aromatic nitrogens is 3. The molecule has 1 fully saturated rings. The molecule has 4 heteroatoms. The number of rotatable bonds is 1. The number of ether oxygens (including phenoxy) is 1. The fourth-order valence-electron chi connectivity index (χ4n) is 1.27. The van der Waals surface area contributed by atoms with E-state index in [2.05, 4.69) is 10.3 Å². The second-order valence-corrected chi connectivity index (χ2v) is 2.86. The molecule has 1 aromatic heterocycles. The summed E-state index contributed by atoms with van der Waals surface area (Å²) in [5.74, 6) is 0. The Morgan fingerprint density at radius 1 is 1.73 bits per heavy atom. The lowest BCUT2D eigenvalue weighted by Crippen LogP contribution is -2.08. The highest BCUT2D eigenvalue weighted by Crippen LogP contribution is 2.16. The van der Waals surface area contributed by atoms with Crippen LogP contribution in [0, 0.1) is 6.92 Å². The molecule has 0 bridgehead atoms. The molecule has 1 atom stereocenters. The van der Waals surface area contributed by atoms with Crippen molar-refractivity contribution in [2.75, 3.05) is 13.2 Å². The minimum Gasteiger partial charge on any atom is -0.379 e. The van der Waals surface area contributed by atoms with Crippen LogP contribution in [-0.4, -0.2) is 28.2 Å². The van der Waals surface area contributed by atoms with Crippen LogP contribution in [0.5, 0.6) is 0 Å². The quantitative estimate of drug-likeness (QED) is 0.591. The van der Waals surface area contributed by atoms with Crippen LogP contribution in [0.4, 0.5) is 0 Å². The average Bonchev–Trinajstić information content (AvgIpc) is 2.55. The van der Waals surface area contributed by atoms with Gasteiger partial charge in [0.1, 0.15) is 0 Å². The van der Waals surface area contributed by atoms with Crippen LogP contribution in [0.2, 0.25) is 0 Å². The Morgan fingerprint density at radius 3 is 3.18 bits per heavy atom. The zero-order valence-corrected chi connectivity index (χ0v) is 6.53. The second-order valence-electron chi connectivity index (χ2n) is 2.86. The van der Waals surface area contributed by atoms with Crippen molar-refractivity contribution in [2.45, 2.75) is 19.4 Å². The third-order valence-electron chi connectivity index (χ3n) is 1.90. The van der Waals surface area contributed by atoms with Gasteiger partial charge in [0.05, 0.1) is 18.3 Å². The molecule has 2 rings (SSSR count). The molecule has 11 heavy (non-hydrogen) atoms. The molecule has 1 saturated heterocycles. The van der Waals surface area contributed by atoms with Crippen molar-refractivity contribution in [3.05, 3.63) is 11.9 Å². The van der Waals surface area contributed by atoms with E-state index in [-0.39, 0.29) is 0 Å². The monoisotopic (exact) mass is 153 g/mol. The topological polar surface area (TPSA) is 39.9 Å². The van der Waals surface area contributed by atoms with Gasteiger partial charge in [-0.25, -0.2) is 4.68 Å². The maximum absolute atomic E-state index is 5.23. The molecule has 1 unspecified atom stereocenters. The van der Waals surface area contributed by atoms with Crippen molar-refractivity contribution in [1.29, 1.82) is 0 Å². The number of aryl methyl sites for hydroxylation is 1. The molecular weight excluding hydrogens is 142 g/mol. The van der Waals surface area contributed by atoms with Crippen molar-refractivity contribution >= 4 is 0 Å². The first-order valence-corrected chi connectivity index (χ1v) is 3.82. The van der Waals surface area contributed by atoms with Crippen LogP contribution in [0.3, 0.4) is 0 Å². The van der Waals surface area contributed by atoms with Crippen molar-refractivity contribution < 1.29 is 4.74 Å². The fourth-order valence-corrected chi connectivity index (χ4v) is 1.27. The van der Waals surface area contributed by atoms with Crippen LogP contribution in [0.25, 0.3) is 0 Å². The maximum Gasteiger partial charge on any atom is 0.0796 e. The first-order valence-electron chi connectivity index (χ1n) is 3.82. The van der Waals surface area contributed by atoms with Crippen molar-refractivity contribution in [2.24, 2.45) is 0 Å². The lowest BCUT2D eigenvalue weighted by molar-refractivity contribution is 0.184. The molecule has 0 saturated carbocycles. The third-order valence-corrected chi connectivity index (χ3v) is 1.90.